The topological polar surface area (TPSA) is 137 Å². The number of nitro groups is 1. The Labute approximate surface area is 167 Å². The first-order valence-corrected chi connectivity index (χ1v) is 9.87. The average molecular weight is 418 g/mol. The molecule has 0 spiro atoms. The number of aromatic nitrogens is 3. The highest BCUT2D eigenvalue weighted by Gasteiger charge is 2.23. The Morgan fingerprint density at radius 3 is 2.72 bits per heavy atom. The largest absolute Gasteiger partial charge is 0.489 e. The molecule has 0 aliphatic heterocycles. The number of rotatable bonds is 7. The maximum atomic E-state index is 12.8. The zero-order valence-corrected chi connectivity index (χ0v) is 16.7. The molecule has 3 aromatic rings. The number of aryl methyl sites for hydroxylation is 1. The Hall–Kier alpha value is -3.34. The third-order valence-corrected chi connectivity index (χ3v) is 5.47. The highest BCUT2D eigenvalue weighted by Crippen LogP contribution is 2.30. The number of H-pyrrole nitrogens is 1. The second-order valence-electron chi connectivity index (χ2n) is 5.97. The number of methoxy groups -OCH3 is 2. The minimum atomic E-state index is -1.68. The van der Waals surface area contributed by atoms with Crippen LogP contribution in [-0.4, -0.2) is 44.3 Å². The van der Waals surface area contributed by atoms with Crippen LogP contribution in [0.2, 0.25) is 0 Å². The van der Waals surface area contributed by atoms with Crippen LogP contribution in [0.25, 0.3) is 11.0 Å². The van der Waals surface area contributed by atoms with Gasteiger partial charge in [0.2, 0.25) is 5.75 Å². The summed E-state index contributed by atoms with van der Waals surface area (Å²) in [5.74, 6) is -0.641. The molecule has 10 nitrogen and oxygen atoms in total. The number of ether oxygens (including phenoxy) is 2. The van der Waals surface area contributed by atoms with E-state index in [1.807, 2.05) is 6.92 Å². The molecule has 0 aliphatic carbocycles. The van der Waals surface area contributed by atoms with E-state index in [9.17, 15) is 19.1 Å². The van der Waals surface area contributed by atoms with Crippen molar-refractivity contribution in [2.24, 2.45) is 0 Å². The molecule has 1 unspecified atom stereocenters. The third kappa shape index (κ3) is 3.94. The van der Waals surface area contributed by atoms with Gasteiger partial charge in [0.15, 0.2) is 5.16 Å². The van der Waals surface area contributed by atoms with E-state index in [1.54, 1.807) is 12.1 Å². The van der Waals surface area contributed by atoms with Gasteiger partial charge in [-0.25, -0.2) is 9.78 Å². The summed E-state index contributed by atoms with van der Waals surface area (Å²) in [6.07, 6.45) is 1.87. The van der Waals surface area contributed by atoms with Crippen molar-refractivity contribution < 1.29 is 23.4 Å². The lowest BCUT2D eigenvalue weighted by molar-refractivity contribution is -0.385. The molecule has 0 amide bonds. The van der Waals surface area contributed by atoms with Crippen LogP contribution >= 0.6 is 0 Å². The summed E-state index contributed by atoms with van der Waals surface area (Å²) in [6, 6.07) is 4.57. The molecule has 0 aliphatic rings. The summed E-state index contributed by atoms with van der Waals surface area (Å²) in [5, 5.41) is 11.3. The fourth-order valence-electron chi connectivity index (χ4n) is 2.92. The zero-order valence-electron chi connectivity index (χ0n) is 15.9. The van der Waals surface area contributed by atoms with Gasteiger partial charge in [-0.15, -0.1) is 0 Å². The predicted molar refractivity (Wildman–Crippen MR) is 104 cm³/mol. The number of hydrogen-bond donors (Lipinski definition) is 1. The van der Waals surface area contributed by atoms with Gasteiger partial charge in [0, 0.05) is 12.3 Å². The standard InChI is InChI=1S/C18H18N4O6S/c1-4-10-7-12-13(8-11(10)17(23)28-3)21-18(20-12)29(26)9-14-16(27-2)15(22(24)25)5-6-19-14/h5-8H,4,9H2,1-3H3,(H,20,21). The van der Waals surface area contributed by atoms with E-state index in [0.29, 0.717) is 23.0 Å². The fraction of sp³-hybridized carbons (Fsp3) is 0.278. The molecule has 2 aromatic heterocycles. The van der Waals surface area contributed by atoms with Crippen LogP contribution in [0.15, 0.2) is 29.6 Å². The van der Waals surface area contributed by atoms with Crippen LogP contribution < -0.4 is 4.74 Å². The third-order valence-electron chi connectivity index (χ3n) is 4.31. The minimum absolute atomic E-state index is 0.0387. The molecule has 0 radical (unpaired) electrons. The van der Waals surface area contributed by atoms with E-state index < -0.39 is 21.7 Å². The number of carbonyl (C=O) groups excluding carboxylic acids is 1. The summed E-state index contributed by atoms with van der Waals surface area (Å²) in [6.45, 7) is 1.91. The van der Waals surface area contributed by atoms with Gasteiger partial charge in [-0.2, -0.15) is 0 Å². The molecule has 152 valence electrons. The van der Waals surface area contributed by atoms with Gasteiger partial charge in [0.25, 0.3) is 0 Å². The van der Waals surface area contributed by atoms with Crippen molar-refractivity contribution >= 4 is 33.5 Å². The second kappa shape index (κ2) is 8.35. The quantitative estimate of drug-likeness (QED) is 0.351. The number of nitrogens with zero attached hydrogens (tertiary/aromatic N) is 3. The van der Waals surface area contributed by atoms with E-state index >= 15 is 0 Å². The summed E-state index contributed by atoms with van der Waals surface area (Å²) in [7, 11) is 0.916. The molecule has 3 rings (SSSR count). The molecule has 1 atom stereocenters. The van der Waals surface area contributed by atoms with Crippen molar-refractivity contribution in [2.45, 2.75) is 24.3 Å². The highest BCUT2D eigenvalue weighted by molar-refractivity contribution is 7.84. The monoisotopic (exact) mass is 418 g/mol. The normalized spacial score (nSPS) is 12.0. The molecule has 11 heteroatoms. The SMILES string of the molecule is CCc1cc2[nH]c(S(=O)Cc3nccc([N+](=O)[O-])c3OC)nc2cc1C(=O)OC. The molecule has 0 saturated heterocycles. The number of carbonyl (C=O) groups is 1. The van der Waals surface area contributed by atoms with Crippen LogP contribution in [0.1, 0.15) is 28.5 Å². The molecule has 1 N–H and O–H groups in total. The second-order valence-corrected chi connectivity index (χ2v) is 7.34. The van der Waals surface area contributed by atoms with Crippen LogP contribution in [-0.2, 0) is 27.7 Å². The van der Waals surface area contributed by atoms with Gasteiger partial charge in [0.05, 0.1) is 52.3 Å². The van der Waals surface area contributed by atoms with E-state index in [0.717, 1.165) is 5.56 Å². The Balaban J connectivity index is 1.97. The lowest BCUT2D eigenvalue weighted by atomic mass is 10.0. The maximum absolute atomic E-state index is 12.8. The molecule has 0 bridgehead atoms. The molecule has 2 heterocycles. The first-order chi connectivity index (χ1) is 13.9. The lowest BCUT2D eigenvalue weighted by Crippen LogP contribution is -2.05. The van der Waals surface area contributed by atoms with Gasteiger partial charge in [-0.3, -0.25) is 19.3 Å². The molecule has 0 saturated carbocycles. The Morgan fingerprint density at radius 1 is 1.34 bits per heavy atom. The van der Waals surface area contributed by atoms with Crippen molar-refractivity contribution in [3.8, 4) is 5.75 Å². The Bertz CT molecular complexity index is 1130. The van der Waals surface area contributed by atoms with Crippen LogP contribution in [0.5, 0.6) is 5.75 Å². The van der Waals surface area contributed by atoms with E-state index in [-0.39, 0.29) is 28.0 Å². The average Bonchev–Trinajstić information content (AvgIpc) is 3.15. The van der Waals surface area contributed by atoms with Crippen molar-refractivity contribution in [1.82, 2.24) is 15.0 Å². The molecule has 1 aromatic carbocycles. The first kappa shape index (κ1) is 20.4. The number of hydrogen-bond acceptors (Lipinski definition) is 8. The van der Waals surface area contributed by atoms with Crippen LogP contribution in [0, 0.1) is 10.1 Å². The van der Waals surface area contributed by atoms with Gasteiger partial charge in [-0.1, -0.05) is 6.92 Å². The predicted octanol–water partition coefficient (Wildman–Crippen LogP) is 2.53. The van der Waals surface area contributed by atoms with Gasteiger partial charge in [-0.05, 0) is 24.1 Å². The van der Waals surface area contributed by atoms with E-state index in [4.69, 9.17) is 9.47 Å². The smallest absolute Gasteiger partial charge is 0.338 e. The fourth-order valence-corrected chi connectivity index (χ4v) is 3.93. The van der Waals surface area contributed by atoms with E-state index in [1.165, 1.54) is 26.5 Å². The zero-order chi connectivity index (χ0) is 21.1. The van der Waals surface area contributed by atoms with Crippen molar-refractivity contribution in [3.05, 3.63) is 51.3 Å². The maximum Gasteiger partial charge on any atom is 0.338 e. The number of pyridine rings is 1. The molecule has 0 fully saturated rings. The van der Waals surface area contributed by atoms with Crippen LogP contribution in [0.3, 0.4) is 0 Å². The van der Waals surface area contributed by atoms with Gasteiger partial charge in [0.1, 0.15) is 5.69 Å². The van der Waals surface area contributed by atoms with Crippen molar-refractivity contribution in [1.29, 1.82) is 0 Å². The van der Waals surface area contributed by atoms with E-state index in [2.05, 4.69) is 15.0 Å². The lowest BCUT2D eigenvalue weighted by Gasteiger charge is -2.06. The molecular formula is C18H18N4O6S. The first-order valence-electron chi connectivity index (χ1n) is 8.55. The molecule has 29 heavy (non-hydrogen) atoms. The number of nitrogens with one attached hydrogen (secondary N) is 1. The summed E-state index contributed by atoms with van der Waals surface area (Å²) < 4.78 is 22.7. The highest BCUT2D eigenvalue weighted by atomic mass is 32.2. The van der Waals surface area contributed by atoms with Gasteiger partial charge >= 0.3 is 11.7 Å². The van der Waals surface area contributed by atoms with Gasteiger partial charge < -0.3 is 14.5 Å². The summed E-state index contributed by atoms with van der Waals surface area (Å²) >= 11 is 0. The van der Waals surface area contributed by atoms with Crippen LogP contribution in [0.4, 0.5) is 5.69 Å². The van der Waals surface area contributed by atoms with Crippen molar-refractivity contribution in [3.63, 3.8) is 0 Å². The number of aromatic amines is 1. The number of imidazole rings is 1. The summed E-state index contributed by atoms with van der Waals surface area (Å²) in [5.41, 5.74) is 2.18. The number of esters is 1. The summed E-state index contributed by atoms with van der Waals surface area (Å²) in [4.78, 5) is 33.9. The van der Waals surface area contributed by atoms with Crippen molar-refractivity contribution in [2.75, 3.05) is 14.2 Å². The Morgan fingerprint density at radius 2 is 2.10 bits per heavy atom. The molecular weight excluding hydrogens is 400 g/mol. The number of benzene rings is 1. The number of fused-ring (bicyclic) bond motifs is 1. The minimum Gasteiger partial charge on any atom is -0.489 e. The Kier molecular flexibility index (Phi) is 5.87.